The Balaban J connectivity index is 2.93. The Kier molecular flexibility index (Phi) is 6.35. The van der Waals surface area contributed by atoms with Crippen LogP contribution in [0.15, 0.2) is 16.5 Å². The molecule has 6 nitrogen and oxygen atoms in total. The monoisotopic (exact) mass is 338 g/mol. The maximum atomic E-state index is 12.8. The normalized spacial score (nSPS) is 12.0. The van der Waals surface area contributed by atoms with Crippen molar-refractivity contribution in [2.24, 2.45) is 5.10 Å². The molecule has 0 amide bonds. The van der Waals surface area contributed by atoms with E-state index in [1.807, 2.05) is 0 Å². The summed E-state index contributed by atoms with van der Waals surface area (Å²) in [4.78, 5) is 22.7. The van der Waals surface area contributed by atoms with Gasteiger partial charge in [0.25, 0.3) is 0 Å². The second kappa shape index (κ2) is 7.78. The van der Waals surface area contributed by atoms with Crippen LogP contribution in [0.3, 0.4) is 0 Å². The molecule has 22 heavy (non-hydrogen) atoms. The van der Waals surface area contributed by atoms with Gasteiger partial charge >= 0.3 is 18.1 Å². The average Bonchev–Trinajstić information content (AvgIpc) is 2.90. The number of ether oxygens (including phenoxy) is 2. The lowest BCUT2D eigenvalue weighted by Gasteiger charge is -2.10. The molecule has 0 bridgehead atoms. The summed E-state index contributed by atoms with van der Waals surface area (Å²) in [6, 6.07) is 1.37. The number of rotatable bonds is 6. The Morgan fingerprint density at radius 1 is 1.41 bits per heavy atom. The van der Waals surface area contributed by atoms with E-state index in [2.05, 4.69) is 20.0 Å². The van der Waals surface area contributed by atoms with E-state index in [1.54, 1.807) is 0 Å². The van der Waals surface area contributed by atoms with Gasteiger partial charge in [-0.05, 0) is 18.4 Å². The van der Waals surface area contributed by atoms with Gasteiger partial charge in [0.2, 0.25) is 0 Å². The van der Waals surface area contributed by atoms with Crippen molar-refractivity contribution in [2.45, 2.75) is 19.5 Å². The molecule has 0 aliphatic carbocycles. The number of nitrogens with one attached hydrogen (secondary N) is 1. The fraction of sp³-hybridized carbons (Fsp3) is 0.417. The predicted molar refractivity (Wildman–Crippen MR) is 74.0 cm³/mol. The van der Waals surface area contributed by atoms with E-state index in [4.69, 9.17) is 0 Å². The summed E-state index contributed by atoms with van der Waals surface area (Å²) in [6.07, 6.45) is -5.83. The molecule has 0 saturated carbocycles. The summed E-state index contributed by atoms with van der Waals surface area (Å²) in [6.45, 7) is 1.45. The highest BCUT2D eigenvalue weighted by molar-refractivity contribution is 7.12. The zero-order valence-electron chi connectivity index (χ0n) is 11.7. The van der Waals surface area contributed by atoms with Gasteiger partial charge in [0.1, 0.15) is 4.88 Å². The molecule has 1 aromatic heterocycles. The topological polar surface area (TPSA) is 77.0 Å². The zero-order chi connectivity index (χ0) is 16.8. The predicted octanol–water partition coefficient (Wildman–Crippen LogP) is 2.82. The highest BCUT2D eigenvalue weighted by Crippen LogP contribution is 2.25. The first-order valence-electron chi connectivity index (χ1n) is 6.00. The van der Waals surface area contributed by atoms with E-state index in [0.29, 0.717) is 0 Å². The first-order valence-corrected chi connectivity index (χ1v) is 6.88. The molecule has 1 heterocycles. The lowest BCUT2D eigenvalue weighted by molar-refractivity contribution is -0.142. The minimum atomic E-state index is -4.80. The highest BCUT2D eigenvalue weighted by Gasteiger charge is 2.37. The third kappa shape index (κ3) is 5.02. The third-order valence-electron chi connectivity index (χ3n) is 2.29. The highest BCUT2D eigenvalue weighted by atomic mass is 32.1. The first-order chi connectivity index (χ1) is 10.3. The number of alkyl halides is 3. The molecule has 0 atom stereocenters. The summed E-state index contributed by atoms with van der Waals surface area (Å²) < 4.78 is 47.4. The van der Waals surface area contributed by atoms with E-state index < -0.39 is 30.2 Å². The number of anilines is 1. The fourth-order valence-electron chi connectivity index (χ4n) is 1.33. The summed E-state index contributed by atoms with van der Waals surface area (Å²) in [5, 5.41) is 4.67. The molecular formula is C12H13F3N2O4S. The smallest absolute Gasteiger partial charge is 0.431 e. The lowest BCUT2D eigenvalue weighted by Crippen LogP contribution is -2.27. The van der Waals surface area contributed by atoms with Gasteiger partial charge in [-0.25, -0.2) is 4.79 Å². The molecule has 0 radical (unpaired) electrons. The summed E-state index contributed by atoms with van der Waals surface area (Å²) in [5.41, 5.74) is 0.836. The maximum Gasteiger partial charge on any atom is 0.431 e. The van der Waals surface area contributed by atoms with Crippen molar-refractivity contribution in [2.75, 3.05) is 19.1 Å². The Hall–Kier alpha value is -2.10. The van der Waals surface area contributed by atoms with Crippen LogP contribution in [0, 0.1) is 0 Å². The summed E-state index contributed by atoms with van der Waals surface area (Å²) >= 11 is 0.984. The van der Waals surface area contributed by atoms with Crippen molar-refractivity contribution in [3.8, 4) is 0 Å². The van der Waals surface area contributed by atoms with E-state index in [0.717, 1.165) is 18.4 Å². The molecule has 0 aromatic carbocycles. The standard InChI is InChI=1S/C12H13F3N2O4S/c1-3-21-9(18)6-8(12(13,14)15)17-16-7-4-5-22-10(7)11(19)20-2/h4-5,16H,3,6H2,1-2H3/b17-8-. The van der Waals surface area contributed by atoms with Gasteiger partial charge in [0.15, 0.2) is 5.71 Å². The molecule has 0 aliphatic heterocycles. The number of carbonyl (C=O) groups excluding carboxylic acids is 2. The number of thiophene rings is 1. The minimum absolute atomic E-state index is 0.0333. The maximum absolute atomic E-state index is 12.8. The quantitative estimate of drug-likeness (QED) is 0.490. The van der Waals surface area contributed by atoms with Crippen LogP contribution in [0.4, 0.5) is 18.9 Å². The van der Waals surface area contributed by atoms with Gasteiger partial charge in [-0.1, -0.05) is 0 Å². The molecule has 0 spiro atoms. The van der Waals surface area contributed by atoms with E-state index in [-0.39, 0.29) is 17.2 Å². The van der Waals surface area contributed by atoms with E-state index >= 15 is 0 Å². The Labute approximate surface area is 127 Å². The van der Waals surface area contributed by atoms with Gasteiger partial charge in [-0.15, -0.1) is 11.3 Å². The molecule has 0 aliphatic rings. The number of hydrogen-bond donors (Lipinski definition) is 1. The lowest BCUT2D eigenvalue weighted by atomic mass is 10.2. The molecule has 0 saturated heterocycles. The third-order valence-corrected chi connectivity index (χ3v) is 3.19. The number of methoxy groups -OCH3 is 1. The van der Waals surface area contributed by atoms with Crippen molar-refractivity contribution >= 4 is 34.7 Å². The average molecular weight is 338 g/mol. The molecule has 10 heteroatoms. The number of hydrogen-bond acceptors (Lipinski definition) is 7. The minimum Gasteiger partial charge on any atom is -0.466 e. The summed E-state index contributed by atoms with van der Waals surface area (Å²) in [5.74, 6) is -1.74. The Morgan fingerprint density at radius 3 is 2.64 bits per heavy atom. The van der Waals surface area contributed by atoms with Crippen molar-refractivity contribution < 1.29 is 32.2 Å². The van der Waals surface area contributed by atoms with Crippen LogP contribution in [0.5, 0.6) is 0 Å². The zero-order valence-corrected chi connectivity index (χ0v) is 12.5. The van der Waals surface area contributed by atoms with Gasteiger partial charge in [-0.2, -0.15) is 18.3 Å². The van der Waals surface area contributed by atoms with Crippen LogP contribution in [-0.2, 0) is 14.3 Å². The fourth-order valence-corrected chi connectivity index (χ4v) is 2.09. The van der Waals surface area contributed by atoms with Crippen LogP contribution in [0.2, 0.25) is 0 Å². The largest absolute Gasteiger partial charge is 0.466 e. The van der Waals surface area contributed by atoms with Crippen LogP contribution in [0.1, 0.15) is 23.0 Å². The van der Waals surface area contributed by atoms with Crippen molar-refractivity contribution in [1.82, 2.24) is 0 Å². The second-order valence-electron chi connectivity index (χ2n) is 3.80. The van der Waals surface area contributed by atoms with Gasteiger partial charge in [-0.3, -0.25) is 10.2 Å². The van der Waals surface area contributed by atoms with Crippen molar-refractivity contribution in [3.63, 3.8) is 0 Å². The SMILES string of the molecule is CCOC(=O)C/C(=N/Nc1ccsc1C(=O)OC)C(F)(F)F. The number of hydrazone groups is 1. The number of nitrogens with zero attached hydrogens (tertiary/aromatic N) is 1. The second-order valence-corrected chi connectivity index (χ2v) is 4.72. The van der Waals surface area contributed by atoms with Crippen molar-refractivity contribution in [1.29, 1.82) is 0 Å². The van der Waals surface area contributed by atoms with Gasteiger partial charge in [0, 0.05) is 0 Å². The van der Waals surface area contributed by atoms with Crippen molar-refractivity contribution in [3.05, 3.63) is 16.3 Å². The van der Waals surface area contributed by atoms with Crippen LogP contribution < -0.4 is 5.43 Å². The molecule has 1 aromatic rings. The molecule has 0 unspecified atom stereocenters. The van der Waals surface area contributed by atoms with E-state index in [9.17, 15) is 22.8 Å². The molecule has 1 N–H and O–H groups in total. The van der Waals surface area contributed by atoms with Crippen LogP contribution in [0.25, 0.3) is 0 Å². The molecule has 122 valence electrons. The van der Waals surface area contributed by atoms with Crippen LogP contribution in [-0.4, -0.2) is 37.5 Å². The first kappa shape index (κ1) is 18.0. The van der Waals surface area contributed by atoms with E-state index in [1.165, 1.54) is 18.4 Å². The summed E-state index contributed by atoms with van der Waals surface area (Å²) in [7, 11) is 1.15. The van der Waals surface area contributed by atoms with Gasteiger partial charge < -0.3 is 9.47 Å². The molecule has 0 fully saturated rings. The Morgan fingerprint density at radius 2 is 2.09 bits per heavy atom. The molecular weight excluding hydrogens is 325 g/mol. The number of carbonyl (C=O) groups is 2. The Bertz CT molecular complexity index is 569. The number of esters is 2. The molecule has 1 rings (SSSR count). The number of halogens is 3. The van der Waals surface area contributed by atoms with Gasteiger partial charge in [0.05, 0.1) is 25.8 Å². The van der Waals surface area contributed by atoms with Crippen LogP contribution >= 0.6 is 11.3 Å².